The molecule has 1 aromatic heterocycles. The zero-order valence-corrected chi connectivity index (χ0v) is 16.0. The van der Waals surface area contributed by atoms with Crippen LogP contribution in [0, 0.1) is 6.92 Å². The molecule has 0 aliphatic carbocycles. The first kappa shape index (κ1) is 18.3. The number of amides is 2. The molecule has 0 unspecified atom stereocenters. The molecule has 2 N–H and O–H groups in total. The number of imide groups is 1. The molecular weight excluding hydrogens is 354 g/mol. The lowest BCUT2D eigenvalue weighted by Gasteiger charge is -2.17. The van der Waals surface area contributed by atoms with E-state index in [2.05, 4.69) is 10.3 Å². The standard InChI is InChI=1S/C22H23N3O3/c1-14-5-3-4-6-20(14)25-21(26)12-19(22(25)27)23-10-9-15-13-24-18-8-7-16(28-2)11-17(15)18/h3-8,11,13,19,23-24H,9-10,12H2,1-2H3/t19-/m0/s1. The molecule has 1 atom stereocenters. The van der Waals surface area contributed by atoms with Gasteiger partial charge in [0.05, 0.1) is 25.3 Å². The fourth-order valence-electron chi connectivity index (χ4n) is 3.73. The highest BCUT2D eigenvalue weighted by atomic mass is 16.5. The number of H-pyrrole nitrogens is 1. The fourth-order valence-corrected chi connectivity index (χ4v) is 3.73. The maximum Gasteiger partial charge on any atom is 0.251 e. The van der Waals surface area contributed by atoms with Crippen LogP contribution >= 0.6 is 0 Å². The Bertz CT molecular complexity index is 1040. The predicted molar refractivity (Wildman–Crippen MR) is 109 cm³/mol. The fraction of sp³-hybridized carbons (Fsp3) is 0.273. The van der Waals surface area contributed by atoms with Gasteiger partial charge in [0.1, 0.15) is 5.75 Å². The summed E-state index contributed by atoms with van der Waals surface area (Å²) < 4.78 is 5.30. The van der Waals surface area contributed by atoms with Crippen molar-refractivity contribution >= 4 is 28.4 Å². The molecule has 4 rings (SSSR count). The monoisotopic (exact) mass is 377 g/mol. The number of aromatic amines is 1. The van der Waals surface area contributed by atoms with Crippen molar-refractivity contribution in [2.24, 2.45) is 0 Å². The van der Waals surface area contributed by atoms with Crippen molar-refractivity contribution in [1.29, 1.82) is 0 Å². The number of fused-ring (bicyclic) bond motifs is 1. The molecule has 0 saturated carbocycles. The van der Waals surface area contributed by atoms with Crippen molar-refractivity contribution < 1.29 is 14.3 Å². The number of benzene rings is 2. The van der Waals surface area contributed by atoms with Gasteiger partial charge in [-0.15, -0.1) is 0 Å². The summed E-state index contributed by atoms with van der Waals surface area (Å²) in [6.45, 7) is 2.51. The van der Waals surface area contributed by atoms with Crippen LogP contribution in [0.5, 0.6) is 5.75 Å². The van der Waals surface area contributed by atoms with E-state index < -0.39 is 6.04 Å². The Balaban J connectivity index is 1.43. The Morgan fingerprint density at radius 3 is 2.82 bits per heavy atom. The van der Waals surface area contributed by atoms with Crippen LogP contribution in [0.25, 0.3) is 10.9 Å². The second kappa shape index (κ2) is 7.48. The second-order valence-corrected chi connectivity index (χ2v) is 7.04. The van der Waals surface area contributed by atoms with Crippen LogP contribution < -0.4 is 15.0 Å². The molecule has 3 aromatic rings. The molecule has 144 valence electrons. The van der Waals surface area contributed by atoms with Crippen molar-refractivity contribution in [3.05, 3.63) is 59.8 Å². The van der Waals surface area contributed by atoms with Gasteiger partial charge in [-0.1, -0.05) is 18.2 Å². The average molecular weight is 377 g/mol. The molecule has 2 aromatic carbocycles. The number of anilines is 1. The number of aromatic nitrogens is 1. The molecule has 0 spiro atoms. The van der Waals surface area contributed by atoms with Crippen LogP contribution in [-0.4, -0.2) is 36.5 Å². The summed E-state index contributed by atoms with van der Waals surface area (Å²) in [4.78, 5) is 29.8. The third-order valence-corrected chi connectivity index (χ3v) is 5.26. The largest absolute Gasteiger partial charge is 0.497 e. The number of nitrogens with zero attached hydrogens (tertiary/aromatic N) is 1. The maximum absolute atomic E-state index is 12.8. The molecule has 28 heavy (non-hydrogen) atoms. The number of rotatable bonds is 6. The van der Waals surface area contributed by atoms with E-state index in [1.807, 2.05) is 55.6 Å². The normalized spacial score (nSPS) is 16.9. The van der Waals surface area contributed by atoms with Crippen LogP contribution in [0.1, 0.15) is 17.5 Å². The van der Waals surface area contributed by atoms with Crippen LogP contribution in [0.15, 0.2) is 48.7 Å². The van der Waals surface area contributed by atoms with Gasteiger partial charge in [0, 0.05) is 23.6 Å². The molecule has 0 bridgehead atoms. The molecule has 1 aliphatic heterocycles. The number of carbonyl (C=O) groups is 2. The smallest absolute Gasteiger partial charge is 0.251 e. The lowest BCUT2D eigenvalue weighted by Crippen LogP contribution is -2.39. The van der Waals surface area contributed by atoms with Gasteiger partial charge in [0.15, 0.2) is 0 Å². The zero-order valence-electron chi connectivity index (χ0n) is 16.0. The summed E-state index contributed by atoms with van der Waals surface area (Å²) in [6, 6.07) is 12.9. The molecule has 1 fully saturated rings. The van der Waals surface area contributed by atoms with Crippen LogP contribution in [0.3, 0.4) is 0 Å². The van der Waals surface area contributed by atoms with E-state index in [0.29, 0.717) is 12.2 Å². The number of ether oxygens (including phenoxy) is 1. The van der Waals surface area contributed by atoms with E-state index >= 15 is 0 Å². The number of para-hydroxylation sites is 1. The van der Waals surface area contributed by atoms with Crippen LogP contribution in [-0.2, 0) is 16.0 Å². The molecule has 1 aliphatic rings. The summed E-state index contributed by atoms with van der Waals surface area (Å²) in [7, 11) is 1.65. The Morgan fingerprint density at radius 1 is 1.21 bits per heavy atom. The van der Waals surface area contributed by atoms with Gasteiger partial charge in [-0.2, -0.15) is 0 Å². The van der Waals surface area contributed by atoms with Gasteiger partial charge >= 0.3 is 0 Å². The first-order chi connectivity index (χ1) is 13.6. The molecule has 1 saturated heterocycles. The molecule has 2 heterocycles. The lowest BCUT2D eigenvalue weighted by molar-refractivity contribution is -0.121. The van der Waals surface area contributed by atoms with Crippen molar-refractivity contribution in [2.45, 2.75) is 25.8 Å². The van der Waals surface area contributed by atoms with E-state index in [1.54, 1.807) is 7.11 Å². The van der Waals surface area contributed by atoms with Crippen LogP contribution in [0.4, 0.5) is 5.69 Å². The minimum atomic E-state index is -0.480. The van der Waals surface area contributed by atoms with Crippen LogP contribution in [0.2, 0.25) is 0 Å². The van der Waals surface area contributed by atoms with Crippen molar-refractivity contribution in [3.8, 4) is 5.75 Å². The van der Waals surface area contributed by atoms with Gasteiger partial charge in [-0.3, -0.25) is 9.59 Å². The first-order valence-electron chi connectivity index (χ1n) is 9.38. The number of hydrogen-bond donors (Lipinski definition) is 2. The summed E-state index contributed by atoms with van der Waals surface area (Å²) in [5.74, 6) is 0.472. The summed E-state index contributed by atoms with van der Waals surface area (Å²) >= 11 is 0. The van der Waals surface area contributed by atoms with Crippen molar-refractivity contribution in [1.82, 2.24) is 10.3 Å². The number of hydrogen-bond acceptors (Lipinski definition) is 4. The Hall–Kier alpha value is -3.12. The number of aryl methyl sites for hydroxylation is 1. The van der Waals surface area contributed by atoms with Gasteiger partial charge in [-0.05, 0) is 48.7 Å². The van der Waals surface area contributed by atoms with E-state index in [1.165, 1.54) is 4.90 Å². The Morgan fingerprint density at radius 2 is 2.04 bits per heavy atom. The third-order valence-electron chi connectivity index (χ3n) is 5.26. The Kier molecular flexibility index (Phi) is 4.88. The third kappa shape index (κ3) is 3.27. The number of carbonyl (C=O) groups excluding carboxylic acids is 2. The molecule has 6 nitrogen and oxygen atoms in total. The highest BCUT2D eigenvalue weighted by Crippen LogP contribution is 2.26. The predicted octanol–water partition coefficient (Wildman–Crippen LogP) is 2.95. The van der Waals surface area contributed by atoms with E-state index in [-0.39, 0.29) is 18.2 Å². The van der Waals surface area contributed by atoms with E-state index in [0.717, 1.165) is 34.2 Å². The minimum Gasteiger partial charge on any atom is -0.497 e. The summed E-state index contributed by atoms with van der Waals surface area (Å²) in [6.07, 6.45) is 2.91. The minimum absolute atomic E-state index is 0.159. The van der Waals surface area contributed by atoms with Crippen molar-refractivity contribution in [3.63, 3.8) is 0 Å². The molecule has 6 heteroatoms. The molecular formula is C22H23N3O3. The molecule has 0 radical (unpaired) electrons. The van der Waals surface area contributed by atoms with E-state index in [9.17, 15) is 9.59 Å². The van der Waals surface area contributed by atoms with Gasteiger partial charge in [-0.25, -0.2) is 4.90 Å². The topological polar surface area (TPSA) is 74.4 Å². The quantitative estimate of drug-likeness (QED) is 0.648. The summed E-state index contributed by atoms with van der Waals surface area (Å²) in [5, 5.41) is 4.36. The average Bonchev–Trinajstić information content (AvgIpc) is 3.22. The SMILES string of the molecule is COc1ccc2[nH]cc(CCN[C@H]3CC(=O)N(c4ccccc4C)C3=O)c2c1. The highest BCUT2D eigenvalue weighted by molar-refractivity contribution is 6.22. The number of nitrogens with one attached hydrogen (secondary N) is 2. The zero-order chi connectivity index (χ0) is 19.7. The first-order valence-corrected chi connectivity index (χ1v) is 9.38. The molecule has 2 amide bonds. The maximum atomic E-state index is 12.8. The second-order valence-electron chi connectivity index (χ2n) is 7.04. The van der Waals surface area contributed by atoms with Gasteiger partial charge < -0.3 is 15.0 Å². The van der Waals surface area contributed by atoms with Gasteiger partial charge in [0.25, 0.3) is 5.91 Å². The Labute approximate surface area is 163 Å². The van der Waals surface area contributed by atoms with Crippen molar-refractivity contribution in [2.75, 3.05) is 18.6 Å². The summed E-state index contributed by atoms with van der Waals surface area (Å²) in [5.41, 5.74) is 3.78. The highest BCUT2D eigenvalue weighted by Gasteiger charge is 2.39. The van der Waals surface area contributed by atoms with E-state index in [4.69, 9.17) is 4.74 Å². The number of methoxy groups -OCH3 is 1. The lowest BCUT2D eigenvalue weighted by atomic mass is 10.1. The van der Waals surface area contributed by atoms with Gasteiger partial charge in [0.2, 0.25) is 5.91 Å².